The predicted molar refractivity (Wildman–Crippen MR) is 123 cm³/mol. The van der Waals surface area contributed by atoms with Crippen LogP contribution in [0.25, 0.3) is 10.6 Å². The van der Waals surface area contributed by atoms with Crippen LogP contribution >= 0.6 is 11.3 Å². The second-order valence-electron chi connectivity index (χ2n) is 8.59. The van der Waals surface area contributed by atoms with Crippen LogP contribution < -0.4 is 4.74 Å². The molecule has 1 aliphatic heterocycles. The lowest BCUT2D eigenvalue weighted by molar-refractivity contribution is 0.0555. The zero-order valence-electron chi connectivity index (χ0n) is 18.4. The Kier molecular flexibility index (Phi) is 6.74. The van der Waals surface area contributed by atoms with Crippen LogP contribution in [-0.2, 0) is 0 Å². The van der Waals surface area contributed by atoms with E-state index in [1.807, 2.05) is 30.0 Å². The minimum Gasteiger partial charge on any atom is -0.497 e. The topological polar surface area (TPSA) is 45.7 Å². The molecule has 5 nitrogen and oxygen atoms in total. The Labute approximate surface area is 184 Å². The molecule has 0 radical (unpaired) electrons. The fourth-order valence-corrected chi connectivity index (χ4v) is 5.89. The van der Waals surface area contributed by atoms with Gasteiger partial charge in [-0.25, -0.2) is 4.98 Å². The van der Waals surface area contributed by atoms with Crippen molar-refractivity contribution in [3.05, 3.63) is 34.3 Å². The Balaban J connectivity index is 1.43. The molecule has 2 aromatic rings. The molecule has 2 fully saturated rings. The number of ether oxygens (including phenoxy) is 1. The van der Waals surface area contributed by atoms with E-state index < -0.39 is 0 Å². The van der Waals surface area contributed by atoms with Crippen LogP contribution in [0.4, 0.5) is 0 Å². The summed E-state index contributed by atoms with van der Waals surface area (Å²) < 4.78 is 5.31. The monoisotopic (exact) mass is 427 g/mol. The van der Waals surface area contributed by atoms with Gasteiger partial charge in [-0.3, -0.25) is 9.69 Å². The quantitative estimate of drug-likeness (QED) is 0.650. The van der Waals surface area contributed by atoms with Gasteiger partial charge in [-0.2, -0.15) is 0 Å². The summed E-state index contributed by atoms with van der Waals surface area (Å²) >= 11 is 1.52. The van der Waals surface area contributed by atoms with Gasteiger partial charge in [0.15, 0.2) is 0 Å². The Bertz CT molecular complexity index is 879. The largest absolute Gasteiger partial charge is 0.497 e. The molecule has 0 atom stereocenters. The molecule has 1 aromatic heterocycles. The van der Waals surface area contributed by atoms with Crippen molar-refractivity contribution in [2.75, 3.05) is 33.3 Å². The molecule has 6 heteroatoms. The van der Waals surface area contributed by atoms with Crippen molar-refractivity contribution in [1.29, 1.82) is 0 Å². The fourth-order valence-electron chi connectivity index (χ4n) is 4.77. The summed E-state index contributed by atoms with van der Waals surface area (Å²) in [5.41, 5.74) is 3.02. The average Bonchev–Trinajstić information content (AvgIpc) is 2.96. The molecule has 2 aliphatic rings. The Morgan fingerprint density at radius 2 is 1.77 bits per heavy atom. The van der Waals surface area contributed by atoms with Crippen molar-refractivity contribution < 1.29 is 9.53 Å². The lowest BCUT2D eigenvalue weighted by atomic mass is 10.1. The molecule has 0 bridgehead atoms. The Hall–Kier alpha value is -1.92. The molecule has 4 rings (SSSR count). The number of piperazine rings is 1. The maximum absolute atomic E-state index is 13.2. The summed E-state index contributed by atoms with van der Waals surface area (Å²) in [7, 11) is 1.67. The molecule has 0 unspecified atom stereocenters. The Morgan fingerprint density at radius 3 is 2.40 bits per heavy atom. The Morgan fingerprint density at radius 1 is 1.07 bits per heavy atom. The third-order valence-corrected chi connectivity index (χ3v) is 7.78. The van der Waals surface area contributed by atoms with Crippen molar-refractivity contribution in [1.82, 2.24) is 14.8 Å². The highest BCUT2D eigenvalue weighted by atomic mass is 32.1. The first-order valence-electron chi connectivity index (χ1n) is 11.2. The number of hydrogen-bond acceptors (Lipinski definition) is 5. The smallest absolute Gasteiger partial charge is 0.265 e. The van der Waals surface area contributed by atoms with Gasteiger partial charge < -0.3 is 9.64 Å². The number of carbonyl (C=O) groups is 1. The molecule has 1 aliphatic carbocycles. The maximum atomic E-state index is 13.2. The summed E-state index contributed by atoms with van der Waals surface area (Å²) in [6.07, 6.45) is 8.14. The molecule has 2 heterocycles. The van der Waals surface area contributed by atoms with Gasteiger partial charge in [-0.15, -0.1) is 11.3 Å². The number of hydrogen-bond donors (Lipinski definition) is 0. The van der Waals surface area contributed by atoms with Crippen LogP contribution in [-0.4, -0.2) is 60.0 Å². The van der Waals surface area contributed by atoms with E-state index in [1.165, 1.54) is 49.9 Å². The number of aromatic nitrogens is 1. The van der Waals surface area contributed by atoms with Gasteiger partial charge >= 0.3 is 0 Å². The zero-order valence-corrected chi connectivity index (χ0v) is 19.3. The molecule has 1 amide bonds. The lowest BCUT2D eigenvalue weighted by Crippen LogP contribution is -2.51. The lowest BCUT2D eigenvalue weighted by Gasteiger charge is -2.39. The maximum Gasteiger partial charge on any atom is 0.265 e. The van der Waals surface area contributed by atoms with Gasteiger partial charge in [0.05, 0.1) is 12.8 Å². The van der Waals surface area contributed by atoms with E-state index >= 15 is 0 Å². The summed E-state index contributed by atoms with van der Waals surface area (Å²) in [4.78, 5) is 23.4. The van der Waals surface area contributed by atoms with E-state index in [9.17, 15) is 4.79 Å². The SMILES string of the molecule is COc1ccc(-c2nc(C)c(C(=O)N3CCN(C4CCCCCC4)CC3)s2)c(C)c1. The molecule has 1 aromatic carbocycles. The van der Waals surface area contributed by atoms with Crippen LogP contribution in [0.1, 0.15) is 59.5 Å². The number of carbonyl (C=O) groups excluding carboxylic acids is 1. The van der Waals surface area contributed by atoms with E-state index in [0.29, 0.717) is 0 Å². The van der Waals surface area contributed by atoms with Gasteiger partial charge in [-0.05, 0) is 50.5 Å². The number of thiazole rings is 1. The third kappa shape index (κ3) is 4.54. The van der Waals surface area contributed by atoms with Crippen LogP contribution in [0.2, 0.25) is 0 Å². The highest BCUT2D eigenvalue weighted by molar-refractivity contribution is 7.17. The normalized spacial score (nSPS) is 19.0. The van der Waals surface area contributed by atoms with Crippen molar-refractivity contribution >= 4 is 17.2 Å². The number of amides is 1. The van der Waals surface area contributed by atoms with E-state index in [2.05, 4.69) is 11.8 Å². The first-order valence-corrected chi connectivity index (χ1v) is 12.0. The standard InChI is InChI=1S/C24H33N3O2S/c1-17-16-20(29-3)10-11-21(17)23-25-18(2)22(30-23)24(28)27-14-12-26(13-15-27)19-8-6-4-5-7-9-19/h10-11,16,19H,4-9,12-15H2,1-3H3. The fraction of sp³-hybridized carbons (Fsp3) is 0.583. The molecule has 0 N–H and O–H groups in total. The van der Waals surface area contributed by atoms with Crippen molar-refractivity contribution in [2.24, 2.45) is 0 Å². The molecule has 1 saturated heterocycles. The van der Waals surface area contributed by atoms with Gasteiger partial charge in [0.1, 0.15) is 15.6 Å². The van der Waals surface area contributed by atoms with E-state index in [4.69, 9.17) is 9.72 Å². The molecule has 1 saturated carbocycles. The average molecular weight is 428 g/mol. The number of nitrogens with zero attached hydrogens (tertiary/aromatic N) is 3. The molecular formula is C24H33N3O2S. The third-order valence-electron chi connectivity index (χ3n) is 6.60. The molecule has 0 spiro atoms. The molecule has 162 valence electrons. The second-order valence-corrected chi connectivity index (χ2v) is 9.59. The first-order chi connectivity index (χ1) is 14.6. The first kappa shape index (κ1) is 21.3. The van der Waals surface area contributed by atoms with Gasteiger partial charge in [0, 0.05) is 37.8 Å². The second kappa shape index (κ2) is 9.48. The number of aryl methyl sites for hydroxylation is 2. The minimum atomic E-state index is 0.142. The number of methoxy groups -OCH3 is 1. The van der Waals surface area contributed by atoms with Crippen molar-refractivity contribution in [3.8, 4) is 16.3 Å². The van der Waals surface area contributed by atoms with Crippen LogP contribution in [0, 0.1) is 13.8 Å². The number of benzene rings is 1. The van der Waals surface area contributed by atoms with Crippen LogP contribution in [0.3, 0.4) is 0 Å². The van der Waals surface area contributed by atoms with Gasteiger partial charge in [0.25, 0.3) is 5.91 Å². The predicted octanol–water partition coefficient (Wildman–Crippen LogP) is 4.92. The highest BCUT2D eigenvalue weighted by Crippen LogP contribution is 2.33. The molecule has 30 heavy (non-hydrogen) atoms. The van der Waals surface area contributed by atoms with Crippen LogP contribution in [0.15, 0.2) is 18.2 Å². The number of rotatable bonds is 4. The molecular weight excluding hydrogens is 394 g/mol. The van der Waals surface area contributed by atoms with Crippen molar-refractivity contribution in [2.45, 2.75) is 58.4 Å². The summed E-state index contributed by atoms with van der Waals surface area (Å²) in [5.74, 6) is 0.982. The summed E-state index contributed by atoms with van der Waals surface area (Å²) in [6, 6.07) is 6.72. The van der Waals surface area contributed by atoms with Crippen LogP contribution in [0.5, 0.6) is 5.75 Å². The van der Waals surface area contributed by atoms with Gasteiger partial charge in [0.2, 0.25) is 0 Å². The summed E-state index contributed by atoms with van der Waals surface area (Å²) in [6.45, 7) is 7.65. The van der Waals surface area contributed by atoms with Gasteiger partial charge in [-0.1, -0.05) is 25.7 Å². The van der Waals surface area contributed by atoms with E-state index in [0.717, 1.165) is 64.7 Å². The van der Waals surface area contributed by atoms with E-state index in [1.54, 1.807) is 7.11 Å². The minimum absolute atomic E-state index is 0.142. The van der Waals surface area contributed by atoms with E-state index in [-0.39, 0.29) is 5.91 Å². The highest BCUT2D eigenvalue weighted by Gasteiger charge is 2.29. The van der Waals surface area contributed by atoms with Crippen molar-refractivity contribution in [3.63, 3.8) is 0 Å². The zero-order chi connectivity index (χ0) is 21.1. The summed E-state index contributed by atoms with van der Waals surface area (Å²) in [5, 5.41) is 0.910.